The van der Waals surface area contributed by atoms with Crippen LogP contribution in [0.3, 0.4) is 0 Å². The summed E-state index contributed by atoms with van der Waals surface area (Å²) in [5, 5.41) is 92.6. The predicted octanol–water partition coefficient (Wildman–Crippen LogP) is 10.4. The average molecular weight is 849 g/mol. The van der Waals surface area contributed by atoms with Crippen LogP contribution < -0.4 is 0 Å². The molecule has 8 aromatic rings. The molecule has 64 heavy (non-hydrogen) atoms. The molecule has 0 saturated heterocycles. The molecule has 0 fully saturated rings. The molecule has 0 aromatic heterocycles. The standard InChI is InChI=1S/C56H48O8/c57-49-33-9-1-10-34(49)26-36-12-3-14-38(51(36)59)28-40-16-5-18-42(53(40)61)30-44-20-7-22-46(55(44)63)32-48-24-8-23-47(56(48)64)31-45-21-6-19-43(54(45)62)29-41-17-4-15-39(52(41)60)27-37-13-2-11-35(25-33)50(37)58/h1-24,57-64H,25-32H2. The Hall–Kier alpha value is -7.84. The highest BCUT2D eigenvalue weighted by Crippen LogP contribution is 2.39. The van der Waals surface area contributed by atoms with Crippen LogP contribution in [0.25, 0.3) is 0 Å². The summed E-state index contributed by atoms with van der Waals surface area (Å²) in [7, 11) is 0. The highest BCUT2D eigenvalue weighted by molar-refractivity contribution is 5.57. The van der Waals surface area contributed by atoms with Gasteiger partial charge in [0, 0.05) is 51.4 Å². The zero-order valence-electron chi connectivity index (χ0n) is 35.1. The summed E-state index contributed by atoms with van der Waals surface area (Å²) in [6.07, 6.45) is 1.83. The predicted molar refractivity (Wildman–Crippen MR) is 247 cm³/mol. The van der Waals surface area contributed by atoms with Crippen molar-refractivity contribution in [1.29, 1.82) is 0 Å². The van der Waals surface area contributed by atoms with E-state index in [1.807, 2.05) is 48.5 Å². The van der Waals surface area contributed by atoms with Crippen LogP contribution in [0.5, 0.6) is 46.0 Å². The average Bonchev–Trinajstić information content (AvgIpc) is 3.28. The molecule has 8 N–H and O–H groups in total. The topological polar surface area (TPSA) is 162 Å². The number of para-hydroxylation sites is 8. The largest absolute Gasteiger partial charge is 0.507 e. The van der Waals surface area contributed by atoms with Crippen LogP contribution in [0.2, 0.25) is 0 Å². The van der Waals surface area contributed by atoms with E-state index in [2.05, 4.69) is 0 Å². The SMILES string of the molecule is Oc1c2cccc1Cc1cccc(c1O)Cc1cccc(c1O)Cc1cccc(c1O)Cc1cccc(c1O)Cc1cccc(c1O)Cc1cccc(c1O)Cc1cccc(c1O)C2. The first-order valence-corrected chi connectivity index (χ1v) is 21.4. The number of fused-ring (bicyclic) bond motifs is 16. The third kappa shape index (κ3) is 8.26. The maximum absolute atomic E-state index is 11.6. The number of phenols is 8. The minimum Gasteiger partial charge on any atom is -0.507 e. The molecular weight excluding hydrogens is 801 g/mol. The molecule has 0 aliphatic heterocycles. The Morgan fingerprint density at radius 2 is 0.234 bits per heavy atom. The third-order valence-corrected chi connectivity index (χ3v) is 12.7. The van der Waals surface area contributed by atoms with Gasteiger partial charge in [-0.05, 0) is 89.0 Å². The van der Waals surface area contributed by atoms with Gasteiger partial charge in [0.2, 0.25) is 0 Å². The Kier molecular flexibility index (Phi) is 11.3. The van der Waals surface area contributed by atoms with Crippen LogP contribution in [0.1, 0.15) is 89.0 Å². The lowest BCUT2D eigenvalue weighted by Crippen LogP contribution is -2.00. The normalized spacial score (nSPS) is 13.0. The molecule has 0 amide bonds. The fourth-order valence-electron chi connectivity index (χ4n) is 9.08. The molecule has 8 nitrogen and oxygen atoms in total. The number of aromatic hydroxyl groups is 8. The van der Waals surface area contributed by atoms with E-state index in [9.17, 15) is 40.9 Å². The minimum atomic E-state index is 0.0587. The van der Waals surface area contributed by atoms with Gasteiger partial charge in [-0.2, -0.15) is 0 Å². The van der Waals surface area contributed by atoms with Crippen molar-refractivity contribution in [2.45, 2.75) is 51.4 Å². The number of rotatable bonds is 0. The van der Waals surface area contributed by atoms with Crippen molar-refractivity contribution in [1.82, 2.24) is 0 Å². The van der Waals surface area contributed by atoms with Crippen LogP contribution in [-0.4, -0.2) is 40.9 Å². The number of hydrogen-bond donors (Lipinski definition) is 8. The van der Waals surface area contributed by atoms with Gasteiger partial charge in [0.05, 0.1) is 0 Å². The quantitative estimate of drug-likeness (QED) is 0.0748. The van der Waals surface area contributed by atoms with Crippen LogP contribution in [0.4, 0.5) is 0 Å². The van der Waals surface area contributed by atoms with Crippen molar-refractivity contribution in [2.24, 2.45) is 0 Å². The molecule has 16 bridgehead atoms. The van der Waals surface area contributed by atoms with Gasteiger partial charge in [-0.1, -0.05) is 146 Å². The molecule has 8 heteroatoms. The third-order valence-electron chi connectivity index (χ3n) is 12.7. The van der Waals surface area contributed by atoms with Gasteiger partial charge in [0.25, 0.3) is 0 Å². The van der Waals surface area contributed by atoms with E-state index in [1.165, 1.54) is 0 Å². The van der Waals surface area contributed by atoms with E-state index in [1.54, 1.807) is 97.1 Å². The Bertz CT molecular complexity index is 2280. The van der Waals surface area contributed by atoms with Gasteiger partial charge in [0.1, 0.15) is 46.0 Å². The molecule has 0 heterocycles. The van der Waals surface area contributed by atoms with Gasteiger partial charge in [-0.3, -0.25) is 0 Å². The number of benzene rings is 8. The minimum absolute atomic E-state index is 0.0587. The molecule has 8 aromatic carbocycles. The number of phenolic OH excluding ortho intramolecular Hbond substituents is 8. The lowest BCUT2D eigenvalue weighted by atomic mass is 9.91. The number of hydrogen-bond acceptors (Lipinski definition) is 8. The van der Waals surface area contributed by atoms with Crippen molar-refractivity contribution in [3.8, 4) is 46.0 Å². The summed E-state index contributed by atoms with van der Waals surface area (Å²) in [4.78, 5) is 0. The molecular formula is C56H48O8. The second kappa shape index (κ2) is 17.5. The maximum atomic E-state index is 11.6. The molecule has 0 spiro atoms. The van der Waals surface area contributed by atoms with Crippen molar-refractivity contribution >= 4 is 0 Å². The Balaban J connectivity index is 1.11. The monoisotopic (exact) mass is 848 g/mol. The van der Waals surface area contributed by atoms with E-state index >= 15 is 0 Å². The van der Waals surface area contributed by atoms with Crippen LogP contribution >= 0.6 is 0 Å². The van der Waals surface area contributed by atoms with Crippen molar-refractivity contribution in [3.05, 3.63) is 235 Å². The van der Waals surface area contributed by atoms with E-state index in [-0.39, 0.29) is 97.4 Å². The molecule has 0 atom stereocenters. The Morgan fingerprint density at radius 1 is 0.156 bits per heavy atom. The Labute approximate surface area is 371 Å². The zero-order chi connectivity index (χ0) is 44.5. The van der Waals surface area contributed by atoms with E-state index in [0.717, 1.165) is 0 Å². The Morgan fingerprint density at radius 3 is 0.312 bits per heavy atom. The highest BCUT2D eigenvalue weighted by Gasteiger charge is 2.20. The molecule has 0 unspecified atom stereocenters. The lowest BCUT2D eigenvalue weighted by Gasteiger charge is -2.16. The molecule has 0 radical (unpaired) electrons. The first-order valence-electron chi connectivity index (χ1n) is 21.4. The second-order valence-corrected chi connectivity index (χ2v) is 16.8. The summed E-state index contributed by atoms with van der Waals surface area (Å²) >= 11 is 0. The van der Waals surface area contributed by atoms with Gasteiger partial charge in [-0.15, -0.1) is 0 Å². The first-order chi connectivity index (χ1) is 31.0. The summed E-state index contributed by atoms with van der Waals surface area (Å²) in [6, 6.07) is 43.6. The fraction of sp³-hybridized carbons (Fsp3) is 0.143. The molecule has 1 aliphatic carbocycles. The second-order valence-electron chi connectivity index (χ2n) is 16.8. The zero-order valence-corrected chi connectivity index (χ0v) is 35.1. The summed E-state index contributed by atoms with van der Waals surface area (Å²) < 4.78 is 0. The lowest BCUT2D eigenvalue weighted by molar-refractivity contribution is 0.452. The molecule has 9 rings (SSSR count). The van der Waals surface area contributed by atoms with Crippen LogP contribution in [-0.2, 0) is 51.4 Å². The van der Waals surface area contributed by atoms with E-state index < -0.39 is 0 Å². The fourth-order valence-corrected chi connectivity index (χ4v) is 9.08. The maximum Gasteiger partial charge on any atom is 0.122 e. The van der Waals surface area contributed by atoms with Crippen molar-refractivity contribution in [3.63, 3.8) is 0 Å². The summed E-state index contributed by atoms with van der Waals surface area (Å²) in [5.74, 6) is 0.469. The summed E-state index contributed by atoms with van der Waals surface area (Å²) in [5.41, 5.74) is 9.55. The van der Waals surface area contributed by atoms with Gasteiger partial charge < -0.3 is 40.9 Å². The van der Waals surface area contributed by atoms with Crippen molar-refractivity contribution in [2.75, 3.05) is 0 Å². The molecule has 320 valence electrons. The molecule has 1 aliphatic rings. The summed E-state index contributed by atoms with van der Waals surface area (Å²) in [6.45, 7) is 0. The van der Waals surface area contributed by atoms with Gasteiger partial charge in [0.15, 0.2) is 0 Å². The smallest absolute Gasteiger partial charge is 0.122 e. The molecule has 0 saturated carbocycles. The first kappa shape index (κ1) is 41.5. The van der Waals surface area contributed by atoms with Gasteiger partial charge >= 0.3 is 0 Å². The highest BCUT2D eigenvalue weighted by atomic mass is 16.3. The van der Waals surface area contributed by atoms with Crippen LogP contribution in [0.15, 0.2) is 146 Å². The van der Waals surface area contributed by atoms with Crippen LogP contribution in [0, 0.1) is 0 Å². The van der Waals surface area contributed by atoms with E-state index in [0.29, 0.717) is 89.0 Å². The van der Waals surface area contributed by atoms with E-state index in [4.69, 9.17) is 0 Å². The van der Waals surface area contributed by atoms with Crippen molar-refractivity contribution < 1.29 is 40.9 Å². The van der Waals surface area contributed by atoms with Gasteiger partial charge in [-0.25, -0.2) is 0 Å².